The Morgan fingerprint density at radius 1 is 0.973 bits per heavy atom. The predicted molar refractivity (Wildman–Crippen MR) is 125 cm³/mol. The molecule has 6 N–H and O–H groups in total. The third-order valence-electron chi connectivity index (χ3n) is 7.12. The molecule has 11 heteroatoms. The number of allylic oxidation sites excluding steroid dienone is 1. The zero-order chi connectivity index (χ0) is 27.4. The first kappa shape index (κ1) is 25.7. The lowest BCUT2D eigenvalue weighted by molar-refractivity contribution is -0.204. The van der Waals surface area contributed by atoms with Crippen LogP contribution in [0.2, 0.25) is 0 Å². The molecule has 0 saturated carbocycles. The maximum absolute atomic E-state index is 13.0. The van der Waals surface area contributed by atoms with Gasteiger partial charge in [0.05, 0.1) is 16.7 Å². The maximum Gasteiger partial charge on any atom is 0.338 e. The van der Waals surface area contributed by atoms with Crippen molar-refractivity contribution in [2.45, 2.75) is 45.0 Å². The highest BCUT2D eigenvalue weighted by atomic mass is 16.6. The number of Topliss-reactive ketones (excluding diaryl/α,β-unsaturated/α-hetero) is 1. The number of carbonyl (C=O) groups is 2. The Balaban J connectivity index is 1.80. The van der Waals surface area contributed by atoms with Crippen molar-refractivity contribution >= 4 is 11.8 Å². The van der Waals surface area contributed by atoms with Gasteiger partial charge in [-0.3, -0.25) is 4.79 Å². The maximum atomic E-state index is 13.0. The highest BCUT2D eigenvalue weighted by Gasteiger charge is 2.58. The number of aromatic hydroxyl groups is 6. The molecule has 0 amide bonds. The van der Waals surface area contributed by atoms with Crippen molar-refractivity contribution < 1.29 is 49.7 Å². The average Bonchev–Trinajstić information content (AvgIpc) is 2.83. The van der Waals surface area contributed by atoms with Crippen molar-refractivity contribution in [3.8, 4) is 40.6 Å². The van der Waals surface area contributed by atoms with E-state index in [1.54, 1.807) is 20.8 Å². The van der Waals surface area contributed by atoms with Crippen LogP contribution in [0.25, 0.3) is 0 Å². The smallest absolute Gasteiger partial charge is 0.338 e. The molecule has 11 nitrogen and oxygen atoms in total. The van der Waals surface area contributed by atoms with Gasteiger partial charge in [0.15, 0.2) is 40.3 Å². The zero-order valence-corrected chi connectivity index (χ0v) is 20.1. The third-order valence-corrected chi connectivity index (χ3v) is 7.12. The molecule has 37 heavy (non-hydrogen) atoms. The standard InChI is InChI=1S/C26H25NO10/c1-25(2)19-8-18(36-24(35)12-6-16(30)21(33)17(31)7-12)22(11-4-14(28)20(32)15(29)5-11)37-26(19,3)9-13(10-27)23(25)34/h4-7,9,18-19,22,28-33H,8H2,1-3H3. The summed E-state index contributed by atoms with van der Waals surface area (Å²) in [5.41, 5.74) is -2.55. The molecule has 1 heterocycles. The zero-order valence-electron chi connectivity index (χ0n) is 20.1. The summed E-state index contributed by atoms with van der Waals surface area (Å²) in [6, 6.07) is 5.93. The van der Waals surface area contributed by atoms with Gasteiger partial charge < -0.3 is 40.1 Å². The largest absolute Gasteiger partial charge is 0.504 e. The van der Waals surface area contributed by atoms with Crippen LogP contribution in [0.1, 0.15) is 49.2 Å². The molecule has 0 bridgehead atoms. The lowest BCUT2D eigenvalue weighted by atomic mass is 9.59. The van der Waals surface area contributed by atoms with Crippen molar-refractivity contribution in [2.24, 2.45) is 11.3 Å². The fourth-order valence-corrected chi connectivity index (χ4v) is 5.22. The van der Waals surface area contributed by atoms with Gasteiger partial charge in [0, 0.05) is 11.3 Å². The minimum atomic E-state index is -1.20. The van der Waals surface area contributed by atoms with Gasteiger partial charge in [-0.1, -0.05) is 13.8 Å². The monoisotopic (exact) mass is 511 g/mol. The molecule has 0 aromatic heterocycles. The van der Waals surface area contributed by atoms with Crippen LogP contribution < -0.4 is 0 Å². The second kappa shape index (κ2) is 8.60. The van der Waals surface area contributed by atoms with Crippen LogP contribution in [0.5, 0.6) is 34.5 Å². The van der Waals surface area contributed by atoms with E-state index in [1.807, 2.05) is 6.07 Å². The van der Waals surface area contributed by atoms with Gasteiger partial charge in [0.25, 0.3) is 0 Å². The molecule has 2 aromatic rings. The van der Waals surface area contributed by atoms with Crippen LogP contribution in [0.4, 0.5) is 0 Å². The van der Waals surface area contributed by atoms with Crippen molar-refractivity contribution in [1.29, 1.82) is 5.26 Å². The lowest BCUT2D eigenvalue weighted by Gasteiger charge is -2.53. The Bertz CT molecular complexity index is 1340. The van der Waals surface area contributed by atoms with Gasteiger partial charge in [-0.2, -0.15) is 5.26 Å². The van der Waals surface area contributed by atoms with Crippen LogP contribution in [-0.4, -0.2) is 54.1 Å². The summed E-state index contributed by atoms with van der Waals surface area (Å²) in [5, 5.41) is 68.7. The molecule has 2 aromatic carbocycles. The average molecular weight is 511 g/mol. The predicted octanol–water partition coefficient (Wildman–Crippen LogP) is 3.04. The Hall–Kier alpha value is -4.43. The molecular formula is C26H25NO10. The first-order valence-electron chi connectivity index (χ1n) is 11.3. The molecule has 1 aliphatic carbocycles. The Kier molecular flexibility index (Phi) is 5.96. The van der Waals surface area contributed by atoms with Crippen molar-refractivity contribution in [1.82, 2.24) is 0 Å². The summed E-state index contributed by atoms with van der Waals surface area (Å²) >= 11 is 0. The second-order valence-corrected chi connectivity index (χ2v) is 9.95. The molecule has 1 saturated heterocycles. The van der Waals surface area contributed by atoms with E-state index < -0.39 is 75.4 Å². The normalized spacial score (nSPS) is 26.5. The molecule has 0 radical (unpaired) electrons. The number of phenols is 6. The van der Waals surface area contributed by atoms with Crippen molar-refractivity contribution in [2.75, 3.05) is 0 Å². The van der Waals surface area contributed by atoms with E-state index in [2.05, 4.69) is 0 Å². The minimum Gasteiger partial charge on any atom is -0.504 e. The molecule has 4 rings (SSSR count). The molecule has 4 atom stereocenters. The summed E-state index contributed by atoms with van der Waals surface area (Å²) in [6.07, 6.45) is -0.829. The number of hydrogen-bond donors (Lipinski definition) is 6. The fraction of sp³-hybridized carbons (Fsp3) is 0.346. The third kappa shape index (κ3) is 4.15. The minimum absolute atomic E-state index is 0.0410. The van der Waals surface area contributed by atoms with Crippen LogP contribution in [0, 0.1) is 22.7 Å². The lowest BCUT2D eigenvalue weighted by Crippen LogP contribution is -2.57. The van der Waals surface area contributed by atoms with Gasteiger partial charge in [-0.05, 0) is 49.2 Å². The van der Waals surface area contributed by atoms with E-state index in [0.717, 1.165) is 24.3 Å². The Morgan fingerprint density at radius 3 is 2.00 bits per heavy atom. The van der Waals surface area contributed by atoms with Gasteiger partial charge in [0.1, 0.15) is 18.3 Å². The quantitative estimate of drug-likeness (QED) is 0.261. The van der Waals surface area contributed by atoms with Gasteiger partial charge >= 0.3 is 5.97 Å². The number of nitriles is 1. The number of nitrogens with zero attached hydrogens (tertiary/aromatic N) is 1. The first-order chi connectivity index (χ1) is 17.2. The van der Waals surface area contributed by atoms with Crippen LogP contribution in [0.15, 0.2) is 35.9 Å². The number of hydrogen-bond acceptors (Lipinski definition) is 11. The van der Waals surface area contributed by atoms with E-state index in [0.29, 0.717) is 0 Å². The molecule has 194 valence electrons. The number of fused-ring (bicyclic) bond motifs is 1. The number of ether oxygens (including phenoxy) is 2. The second-order valence-electron chi connectivity index (χ2n) is 9.95. The highest BCUT2D eigenvalue weighted by Crippen LogP contribution is 2.54. The number of benzene rings is 2. The number of phenolic OH excluding ortho intramolecular Hbond substituents is 6. The van der Waals surface area contributed by atoms with Gasteiger partial charge in [-0.25, -0.2) is 4.79 Å². The van der Waals surface area contributed by atoms with Gasteiger partial charge in [0.2, 0.25) is 0 Å². The van der Waals surface area contributed by atoms with E-state index in [1.165, 1.54) is 6.08 Å². The summed E-state index contributed by atoms with van der Waals surface area (Å²) in [7, 11) is 0. The Morgan fingerprint density at radius 2 is 1.49 bits per heavy atom. The number of rotatable bonds is 3. The van der Waals surface area contributed by atoms with E-state index in [-0.39, 0.29) is 23.1 Å². The Labute approximate surface area is 211 Å². The molecule has 1 fully saturated rings. The van der Waals surface area contributed by atoms with Crippen molar-refractivity contribution in [3.63, 3.8) is 0 Å². The number of esters is 1. The molecule has 1 aliphatic heterocycles. The topological polar surface area (TPSA) is 198 Å². The van der Waals surface area contributed by atoms with Crippen LogP contribution in [-0.2, 0) is 14.3 Å². The molecule has 2 aliphatic rings. The van der Waals surface area contributed by atoms with Gasteiger partial charge in [-0.15, -0.1) is 0 Å². The summed E-state index contributed by atoms with van der Waals surface area (Å²) in [4.78, 5) is 26.0. The van der Waals surface area contributed by atoms with Crippen LogP contribution in [0.3, 0.4) is 0 Å². The number of ketones is 1. The van der Waals surface area contributed by atoms with Crippen molar-refractivity contribution in [3.05, 3.63) is 47.0 Å². The summed E-state index contributed by atoms with van der Waals surface area (Å²) < 4.78 is 12.0. The van der Waals surface area contributed by atoms with E-state index in [9.17, 15) is 45.5 Å². The first-order valence-corrected chi connectivity index (χ1v) is 11.3. The SMILES string of the molecule is CC12C=C(C#N)C(=O)C(C)(C)C1CC(OC(=O)c1cc(O)c(O)c(O)c1)C(c1cc(O)c(O)c(O)c1)O2. The number of carbonyl (C=O) groups excluding carboxylic acids is 2. The fourth-order valence-electron chi connectivity index (χ4n) is 5.22. The van der Waals surface area contributed by atoms with E-state index in [4.69, 9.17) is 9.47 Å². The molecule has 4 unspecified atom stereocenters. The summed E-state index contributed by atoms with van der Waals surface area (Å²) in [5.74, 6) is -6.39. The van der Waals surface area contributed by atoms with Crippen LogP contribution >= 0.6 is 0 Å². The molecular weight excluding hydrogens is 486 g/mol. The highest BCUT2D eigenvalue weighted by molar-refractivity contribution is 6.04. The summed E-state index contributed by atoms with van der Waals surface area (Å²) in [6.45, 7) is 4.98. The van der Waals surface area contributed by atoms with E-state index >= 15 is 0 Å². The molecule has 0 spiro atoms.